The molecule has 2 aromatic rings. The minimum absolute atomic E-state index is 0.0594. The molecule has 2 aliphatic heterocycles. The van der Waals surface area contributed by atoms with Crippen molar-refractivity contribution in [1.29, 1.82) is 0 Å². The minimum atomic E-state index is 0.0594. The topological polar surface area (TPSA) is 50.6 Å². The largest absolute Gasteiger partial charge is 0.375 e. The molecule has 7 heteroatoms. The molecule has 2 aromatic heterocycles. The number of fused-ring (bicyclic) bond motifs is 1. The first-order chi connectivity index (χ1) is 11.7. The van der Waals surface area contributed by atoms with E-state index in [1.165, 1.54) is 5.56 Å². The average Bonchev–Trinajstić information content (AvgIpc) is 3.28. The molecule has 0 bridgehead atoms. The first-order valence-corrected chi connectivity index (χ1v) is 9.26. The van der Waals surface area contributed by atoms with Crippen molar-refractivity contribution in [3.05, 3.63) is 40.3 Å². The summed E-state index contributed by atoms with van der Waals surface area (Å²) >= 11 is 1.74. The highest BCUT2D eigenvalue weighted by molar-refractivity contribution is 7.07. The highest BCUT2D eigenvalue weighted by Gasteiger charge is 2.38. The summed E-state index contributed by atoms with van der Waals surface area (Å²) in [5, 5.41) is 8.43. The van der Waals surface area contributed by atoms with E-state index in [0.717, 1.165) is 32.8 Å². The molecule has 0 aliphatic carbocycles. The van der Waals surface area contributed by atoms with Gasteiger partial charge >= 0.3 is 0 Å². The lowest BCUT2D eigenvalue weighted by atomic mass is 10.1. The molecule has 128 valence electrons. The molecule has 4 heterocycles. The molecular formula is C17H22N4O2S. The number of aryl methyl sites for hydroxylation is 1. The summed E-state index contributed by atoms with van der Waals surface area (Å²) in [6.45, 7) is 5.09. The van der Waals surface area contributed by atoms with E-state index in [4.69, 9.17) is 4.74 Å². The van der Waals surface area contributed by atoms with Gasteiger partial charge in [0.15, 0.2) is 0 Å². The fourth-order valence-corrected chi connectivity index (χ4v) is 4.29. The lowest BCUT2D eigenvalue weighted by molar-refractivity contribution is 0.0483. The second-order valence-electron chi connectivity index (χ2n) is 6.65. The number of aromatic nitrogens is 2. The van der Waals surface area contributed by atoms with Crippen molar-refractivity contribution in [3.63, 3.8) is 0 Å². The van der Waals surface area contributed by atoms with Crippen molar-refractivity contribution < 1.29 is 9.53 Å². The van der Waals surface area contributed by atoms with Gasteiger partial charge in [-0.25, -0.2) is 0 Å². The molecule has 0 spiro atoms. The molecular weight excluding hydrogens is 324 g/mol. The summed E-state index contributed by atoms with van der Waals surface area (Å²) < 4.78 is 7.71. The smallest absolute Gasteiger partial charge is 0.257 e. The van der Waals surface area contributed by atoms with Crippen LogP contribution in [-0.4, -0.2) is 64.4 Å². The molecule has 2 aliphatic rings. The standard InChI is InChI=1S/C17H22N4O2S/c1-19-8-14(6-18-19)17(22)21-10-15-9-20(3-4-23-16(15)11-21)7-13-2-5-24-12-13/h2,5-6,8,12,15-16H,3-4,7,9-11H2,1H3/t15-,16+/m1/s1. The molecule has 6 nitrogen and oxygen atoms in total. The van der Waals surface area contributed by atoms with Crippen LogP contribution in [0.25, 0.3) is 0 Å². The van der Waals surface area contributed by atoms with Gasteiger partial charge in [0.05, 0.1) is 24.5 Å². The number of carbonyl (C=O) groups excluding carboxylic acids is 1. The van der Waals surface area contributed by atoms with Crippen LogP contribution in [0.5, 0.6) is 0 Å². The second kappa shape index (κ2) is 6.66. The number of rotatable bonds is 3. The van der Waals surface area contributed by atoms with Gasteiger partial charge in [0.25, 0.3) is 5.91 Å². The molecule has 0 saturated carbocycles. The van der Waals surface area contributed by atoms with E-state index in [1.54, 1.807) is 28.4 Å². The van der Waals surface area contributed by atoms with Crippen molar-refractivity contribution in [3.8, 4) is 0 Å². The average molecular weight is 346 g/mol. The third-order valence-electron chi connectivity index (χ3n) is 4.84. The van der Waals surface area contributed by atoms with E-state index in [0.29, 0.717) is 18.0 Å². The van der Waals surface area contributed by atoms with E-state index in [1.807, 2.05) is 11.9 Å². The Morgan fingerprint density at radius 2 is 2.33 bits per heavy atom. The maximum Gasteiger partial charge on any atom is 0.257 e. The van der Waals surface area contributed by atoms with Gasteiger partial charge in [-0.05, 0) is 22.4 Å². The van der Waals surface area contributed by atoms with Gasteiger partial charge in [-0.3, -0.25) is 14.4 Å². The van der Waals surface area contributed by atoms with Gasteiger partial charge in [-0.15, -0.1) is 0 Å². The molecule has 4 rings (SSSR count). The van der Waals surface area contributed by atoms with Crippen LogP contribution in [-0.2, 0) is 18.3 Å². The van der Waals surface area contributed by atoms with E-state index >= 15 is 0 Å². The monoisotopic (exact) mass is 346 g/mol. The van der Waals surface area contributed by atoms with Gasteiger partial charge in [0.2, 0.25) is 0 Å². The Hall–Kier alpha value is -1.70. The predicted octanol–water partition coefficient (Wildman–Crippen LogP) is 1.45. The molecule has 24 heavy (non-hydrogen) atoms. The highest BCUT2D eigenvalue weighted by atomic mass is 32.1. The van der Waals surface area contributed by atoms with Gasteiger partial charge in [0.1, 0.15) is 0 Å². The Kier molecular flexibility index (Phi) is 4.39. The first-order valence-electron chi connectivity index (χ1n) is 8.32. The van der Waals surface area contributed by atoms with Crippen LogP contribution in [0.2, 0.25) is 0 Å². The summed E-state index contributed by atoms with van der Waals surface area (Å²) in [5.41, 5.74) is 2.02. The Bertz CT molecular complexity index is 699. The van der Waals surface area contributed by atoms with Gasteiger partial charge in [0, 0.05) is 51.9 Å². The third-order valence-corrected chi connectivity index (χ3v) is 5.57. The molecule has 2 atom stereocenters. The van der Waals surface area contributed by atoms with Gasteiger partial charge in [-0.2, -0.15) is 16.4 Å². The van der Waals surface area contributed by atoms with Crippen molar-refractivity contribution in [1.82, 2.24) is 19.6 Å². The molecule has 0 radical (unpaired) electrons. The van der Waals surface area contributed by atoms with Crippen LogP contribution in [0.15, 0.2) is 29.2 Å². The Balaban J connectivity index is 1.41. The fraction of sp³-hybridized carbons (Fsp3) is 0.529. The van der Waals surface area contributed by atoms with Crippen molar-refractivity contribution >= 4 is 17.2 Å². The minimum Gasteiger partial charge on any atom is -0.375 e. The van der Waals surface area contributed by atoms with Crippen LogP contribution >= 0.6 is 11.3 Å². The van der Waals surface area contributed by atoms with Crippen LogP contribution in [0.4, 0.5) is 0 Å². The molecule has 0 unspecified atom stereocenters. The third kappa shape index (κ3) is 3.24. The summed E-state index contributed by atoms with van der Waals surface area (Å²) in [7, 11) is 1.83. The number of hydrogen-bond acceptors (Lipinski definition) is 5. The van der Waals surface area contributed by atoms with E-state index in [-0.39, 0.29) is 12.0 Å². The molecule has 0 N–H and O–H groups in total. The van der Waals surface area contributed by atoms with Crippen molar-refractivity contribution in [2.24, 2.45) is 13.0 Å². The summed E-state index contributed by atoms with van der Waals surface area (Å²) in [6, 6.07) is 2.18. The van der Waals surface area contributed by atoms with E-state index in [2.05, 4.69) is 26.8 Å². The number of amides is 1. The summed E-state index contributed by atoms with van der Waals surface area (Å²) in [4.78, 5) is 17.0. The van der Waals surface area contributed by atoms with E-state index in [9.17, 15) is 4.79 Å². The maximum absolute atomic E-state index is 12.6. The number of thiophene rings is 1. The number of carbonyl (C=O) groups is 1. The SMILES string of the molecule is Cn1cc(C(=O)N2C[C@H]3CN(Cc4ccsc4)CCO[C@H]3C2)cn1. The lowest BCUT2D eigenvalue weighted by Crippen LogP contribution is -2.33. The van der Waals surface area contributed by atoms with Crippen molar-refractivity contribution in [2.45, 2.75) is 12.6 Å². The predicted molar refractivity (Wildman–Crippen MR) is 91.9 cm³/mol. The number of ether oxygens (including phenoxy) is 1. The van der Waals surface area contributed by atoms with Crippen LogP contribution in [0.3, 0.4) is 0 Å². The zero-order valence-electron chi connectivity index (χ0n) is 13.8. The molecule has 2 saturated heterocycles. The first kappa shape index (κ1) is 15.8. The Labute approximate surface area is 145 Å². The maximum atomic E-state index is 12.6. The van der Waals surface area contributed by atoms with Crippen LogP contribution < -0.4 is 0 Å². The molecule has 2 fully saturated rings. The van der Waals surface area contributed by atoms with Crippen LogP contribution in [0, 0.1) is 5.92 Å². The zero-order valence-corrected chi connectivity index (χ0v) is 14.6. The van der Waals surface area contributed by atoms with Crippen LogP contribution in [0.1, 0.15) is 15.9 Å². The van der Waals surface area contributed by atoms with Gasteiger partial charge in [-0.1, -0.05) is 0 Å². The number of hydrogen-bond donors (Lipinski definition) is 0. The van der Waals surface area contributed by atoms with E-state index < -0.39 is 0 Å². The number of likely N-dealkylation sites (tertiary alicyclic amines) is 1. The quantitative estimate of drug-likeness (QED) is 0.844. The fourth-order valence-electron chi connectivity index (χ4n) is 3.63. The normalized spacial score (nSPS) is 24.8. The molecule has 1 amide bonds. The second-order valence-corrected chi connectivity index (χ2v) is 7.43. The molecule has 0 aromatic carbocycles. The Morgan fingerprint density at radius 3 is 3.08 bits per heavy atom. The summed E-state index contributed by atoms with van der Waals surface area (Å²) in [6.07, 6.45) is 3.57. The lowest BCUT2D eigenvalue weighted by Gasteiger charge is -2.22. The zero-order chi connectivity index (χ0) is 16.5. The highest BCUT2D eigenvalue weighted by Crippen LogP contribution is 2.26. The number of nitrogens with zero attached hydrogens (tertiary/aromatic N) is 4. The summed E-state index contributed by atoms with van der Waals surface area (Å²) in [5.74, 6) is 0.441. The Morgan fingerprint density at radius 1 is 1.42 bits per heavy atom. The van der Waals surface area contributed by atoms with Crippen molar-refractivity contribution in [2.75, 3.05) is 32.8 Å². The van der Waals surface area contributed by atoms with Gasteiger partial charge < -0.3 is 9.64 Å².